The molecule has 1 aliphatic carbocycles. The third kappa shape index (κ3) is 2.20. The maximum atomic E-state index is 9.65. The zero-order chi connectivity index (χ0) is 11.7. The molecule has 1 atom stereocenters. The molecule has 1 unspecified atom stereocenters. The third-order valence-corrected chi connectivity index (χ3v) is 3.09. The van der Waals surface area contributed by atoms with Gasteiger partial charge in [-0.05, 0) is 30.4 Å². The zero-order valence-corrected chi connectivity index (χ0v) is 9.72. The van der Waals surface area contributed by atoms with Gasteiger partial charge in [-0.15, -0.1) is 0 Å². The van der Waals surface area contributed by atoms with E-state index < -0.39 is 0 Å². The van der Waals surface area contributed by atoms with E-state index in [2.05, 4.69) is 9.97 Å². The van der Waals surface area contributed by atoms with Crippen LogP contribution in [0.5, 0.6) is 5.75 Å². The first-order chi connectivity index (χ1) is 7.63. The highest BCUT2D eigenvalue weighted by Gasteiger charge is 2.34. The van der Waals surface area contributed by atoms with Gasteiger partial charge in [0, 0.05) is 7.05 Å². The van der Waals surface area contributed by atoms with Crippen LogP contribution in [0.3, 0.4) is 0 Å². The molecule has 1 saturated carbocycles. The lowest BCUT2D eigenvalue weighted by Gasteiger charge is -2.27. The van der Waals surface area contributed by atoms with Crippen LogP contribution in [0, 0.1) is 5.92 Å². The fraction of sp³-hybridized carbons (Fsp3) is 0.600. The minimum absolute atomic E-state index is 0.0168. The fourth-order valence-corrected chi connectivity index (χ4v) is 1.96. The Balaban J connectivity index is 2.24. The minimum Gasteiger partial charge on any atom is -0.503 e. The van der Waals surface area contributed by atoms with Crippen LogP contribution in [0.1, 0.15) is 12.8 Å². The maximum Gasteiger partial charge on any atom is 0.224 e. The van der Waals surface area contributed by atoms with Crippen molar-refractivity contribution in [1.29, 1.82) is 0 Å². The lowest BCUT2D eigenvalue weighted by Crippen LogP contribution is -2.37. The highest BCUT2D eigenvalue weighted by molar-refractivity contribution is 6.28. The summed E-state index contributed by atoms with van der Waals surface area (Å²) in [6.45, 7) is 0.0439. The van der Waals surface area contributed by atoms with Crippen molar-refractivity contribution in [2.24, 2.45) is 5.92 Å². The molecule has 1 aromatic heterocycles. The van der Waals surface area contributed by atoms with Crippen LogP contribution in [-0.2, 0) is 0 Å². The average molecular weight is 244 g/mol. The van der Waals surface area contributed by atoms with Crippen molar-refractivity contribution in [3.8, 4) is 5.75 Å². The lowest BCUT2D eigenvalue weighted by atomic mass is 10.2. The number of likely N-dealkylation sites (N-methyl/N-ethyl adjacent to an activating group) is 1. The van der Waals surface area contributed by atoms with Gasteiger partial charge in [0.05, 0.1) is 18.8 Å². The number of rotatable bonds is 4. The van der Waals surface area contributed by atoms with Crippen LogP contribution < -0.4 is 4.90 Å². The molecule has 1 aromatic rings. The molecule has 0 bridgehead atoms. The Hall–Kier alpha value is -1.07. The van der Waals surface area contributed by atoms with Crippen LogP contribution in [0.2, 0.25) is 5.28 Å². The van der Waals surface area contributed by atoms with Gasteiger partial charge in [-0.3, -0.25) is 0 Å². The first kappa shape index (κ1) is 11.4. The monoisotopic (exact) mass is 243 g/mol. The van der Waals surface area contributed by atoms with E-state index in [1.165, 1.54) is 6.20 Å². The summed E-state index contributed by atoms with van der Waals surface area (Å²) in [5, 5.41) is 19.1. The van der Waals surface area contributed by atoms with Gasteiger partial charge in [-0.25, -0.2) is 4.98 Å². The highest BCUT2D eigenvalue weighted by atomic mass is 35.5. The normalized spacial score (nSPS) is 17.2. The SMILES string of the molecule is CN(c1nc(Cl)ncc1O)C(CO)C1CC1. The van der Waals surface area contributed by atoms with E-state index in [0.717, 1.165) is 12.8 Å². The van der Waals surface area contributed by atoms with Gasteiger partial charge in [0.2, 0.25) is 5.28 Å². The highest BCUT2D eigenvalue weighted by Crippen LogP contribution is 2.37. The van der Waals surface area contributed by atoms with Gasteiger partial charge in [0.25, 0.3) is 0 Å². The summed E-state index contributed by atoms with van der Waals surface area (Å²) >= 11 is 5.68. The van der Waals surface area contributed by atoms with E-state index in [-0.39, 0.29) is 23.7 Å². The van der Waals surface area contributed by atoms with E-state index in [1.54, 1.807) is 11.9 Å². The van der Waals surface area contributed by atoms with Crippen molar-refractivity contribution < 1.29 is 10.2 Å². The molecule has 1 fully saturated rings. The molecule has 0 saturated heterocycles. The van der Waals surface area contributed by atoms with Crippen LogP contribution >= 0.6 is 11.6 Å². The molecule has 2 N–H and O–H groups in total. The smallest absolute Gasteiger partial charge is 0.224 e. The summed E-state index contributed by atoms with van der Waals surface area (Å²) in [6, 6.07) is -0.0168. The molecule has 6 heteroatoms. The largest absolute Gasteiger partial charge is 0.503 e. The number of hydrogen-bond acceptors (Lipinski definition) is 5. The maximum absolute atomic E-state index is 9.65. The Bertz CT molecular complexity index is 384. The molecule has 88 valence electrons. The summed E-state index contributed by atoms with van der Waals surface area (Å²) in [5.41, 5.74) is 0. The predicted octanol–water partition coefficient (Wildman–Crippen LogP) is 1.04. The van der Waals surface area contributed by atoms with Crippen LogP contribution in [0.25, 0.3) is 0 Å². The molecular weight excluding hydrogens is 230 g/mol. The number of aliphatic hydroxyl groups excluding tert-OH is 1. The molecule has 0 amide bonds. The number of aromatic hydroxyl groups is 1. The molecule has 0 aromatic carbocycles. The number of hydrogen-bond donors (Lipinski definition) is 2. The first-order valence-corrected chi connectivity index (χ1v) is 5.56. The zero-order valence-electron chi connectivity index (χ0n) is 8.97. The topological polar surface area (TPSA) is 69.5 Å². The molecular formula is C10H14ClN3O2. The Kier molecular flexibility index (Phi) is 3.16. The van der Waals surface area contributed by atoms with Crippen LogP contribution in [0.4, 0.5) is 5.82 Å². The Morgan fingerprint density at radius 3 is 2.88 bits per heavy atom. The second-order valence-electron chi connectivity index (χ2n) is 4.05. The average Bonchev–Trinajstić information content (AvgIpc) is 3.07. The van der Waals surface area contributed by atoms with Gasteiger partial charge < -0.3 is 15.1 Å². The standard InChI is InChI=1S/C10H14ClN3O2/c1-14(7(5-15)6-2-3-6)9-8(16)4-12-10(11)13-9/h4,6-7,15-16H,2-3,5H2,1H3. The van der Waals surface area contributed by atoms with E-state index in [9.17, 15) is 10.2 Å². The summed E-state index contributed by atoms with van der Waals surface area (Å²) in [4.78, 5) is 9.42. The van der Waals surface area contributed by atoms with E-state index in [4.69, 9.17) is 11.6 Å². The van der Waals surface area contributed by atoms with Crippen molar-refractivity contribution in [1.82, 2.24) is 9.97 Å². The minimum atomic E-state index is -0.0222. The molecule has 5 nitrogen and oxygen atoms in total. The van der Waals surface area contributed by atoms with Crippen molar-refractivity contribution >= 4 is 17.4 Å². The van der Waals surface area contributed by atoms with Crippen molar-refractivity contribution in [2.45, 2.75) is 18.9 Å². The summed E-state index contributed by atoms with van der Waals surface area (Å²) in [7, 11) is 1.79. The van der Waals surface area contributed by atoms with Crippen LogP contribution in [0.15, 0.2) is 6.20 Å². The van der Waals surface area contributed by atoms with Gasteiger partial charge in [-0.1, -0.05) is 0 Å². The molecule has 2 rings (SSSR count). The van der Waals surface area contributed by atoms with E-state index in [1.807, 2.05) is 0 Å². The number of halogens is 1. The number of anilines is 1. The predicted molar refractivity (Wildman–Crippen MR) is 60.7 cm³/mol. The van der Waals surface area contributed by atoms with Gasteiger partial charge >= 0.3 is 0 Å². The lowest BCUT2D eigenvalue weighted by molar-refractivity contribution is 0.249. The molecule has 0 spiro atoms. The number of aromatic nitrogens is 2. The molecule has 16 heavy (non-hydrogen) atoms. The Labute approximate surface area is 98.7 Å². The van der Waals surface area contributed by atoms with E-state index >= 15 is 0 Å². The number of nitrogens with zero attached hydrogens (tertiary/aromatic N) is 3. The molecule has 0 aliphatic heterocycles. The van der Waals surface area contributed by atoms with Crippen molar-refractivity contribution in [3.63, 3.8) is 0 Å². The van der Waals surface area contributed by atoms with E-state index in [0.29, 0.717) is 11.7 Å². The summed E-state index contributed by atoms with van der Waals surface area (Å²) < 4.78 is 0. The second-order valence-corrected chi connectivity index (χ2v) is 4.38. The Morgan fingerprint density at radius 2 is 2.31 bits per heavy atom. The van der Waals surface area contributed by atoms with Crippen molar-refractivity contribution in [2.75, 3.05) is 18.6 Å². The summed E-state index contributed by atoms with van der Waals surface area (Å²) in [6.07, 6.45) is 3.48. The van der Waals surface area contributed by atoms with Gasteiger partial charge in [0.1, 0.15) is 0 Å². The molecule has 1 heterocycles. The fourth-order valence-electron chi connectivity index (χ4n) is 1.83. The second kappa shape index (κ2) is 4.43. The number of aliphatic hydroxyl groups is 1. The quantitative estimate of drug-likeness (QED) is 0.774. The van der Waals surface area contributed by atoms with Crippen molar-refractivity contribution in [3.05, 3.63) is 11.5 Å². The summed E-state index contributed by atoms with van der Waals surface area (Å²) in [5.74, 6) is 0.820. The van der Waals surface area contributed by atoms with Gasteiger partial charge in [-0.2, -0.15) is 4.98 Å². The molecule has 0 radical (unpaired) electrons. The first-order valence-electron chi connectivity index (χ1n) is 5.18. The van der Waals surface area contributed by atoms with Crippen LogP contribution in [-0.4, -0.2) is 39.9 Å². The Morgan fingerprint density at radius 1 is 1.62 bits per heavy atom. The molecule has 1 aliphatic rings. The van der Waals surface area contributed by atoms with Gasteiger partial charge in [0.15, 0.2) is 11.6 Å². The third-order valence-electron chi connectivity index (χ3n) is 2.91.